The summed E-state index contributed by atoms with van der Waals surface area (Å²) in [6.45, 7) is 2.29. The molecule has 0 saturated carbocycles. The molecule has 2 heterocycles. The van der Waals surface area contributed by atoms with Gasteiger partial charge in [0.15, 0.2) is 0 Å². The minimum Gasteiger partial charge on any atom is -0.468 e. The number of hydrogen-bond acceptors (Lipinski definition) is 5. The first-order valence-corrected chi connectivity index (χ1v) is 11.8. The van der Waals surface area contributed by atoms with Gasteiger partial charge < -0.3 is 9.73 Å². The third-order valence-corrected chi connectivity index (χ3v) is 6.83. The van der Waals surface area contributed by atoms with Crippen molar-refractivity contribution in [2.24, 2.45) is 0 Å². The van der Waals surface area contributed by atoms with Crippen LogP contribution in [0.4, 0.5) is 10.1 Å². The van der Waals surface area contributed by atoms with E-state index in [-0.39, 0.29) is 22.5 Å². The molecule has 1 aliphatic rings. The standard InChI is InChI=1S/C23H24FN3O4S/c24-18-7-9-19(10-8-18)26-32(29,30)20-11-5-17(6-12-20)23(28)25-16-21(22-4-3-15-31-22)27-13-1-2-14-27/h3-12,15,21,26H,1-2,13-14,16H2,(H,25,28)/t21-/m1/s1. The summed E-state index contributed by atoms with van der Waals surface area (Å²) in [6.07, 6.45) is 3.86. The Labute approximate surface area is 186 Å². The Balaban J connectivity index is 1.40. The van der Waals surface area contributed by atoms with Gasteiger partial charge in [0.1, 0.15) is 11.6 Å². The number of likely N-dealkylation sites (tertiary alicyclic amines) is 1. The first kappa shape index (κ1) is 22.0. The fraction of sp³-hybridized carbons (Fsp3) is 0.261. The first-order valence-electron chi connectivity index (χ1n) is 10.4. The van der Waals surface area contributed by atoms with Gasteiger partial charge in [-0.15, -0.1) is 0 Å². The number of carbonyl (C=O) groups excluding carboxylic acids is 1. The Morgan fingerprint density at radius 3 is 2.34 bits per heavy atom. The summed E-state index contributed by atoms with van der Waals surface area (Å²) in [5.41, 5.74) is 0.601. The predicted octanol–water partition coefficient (Wildman–Crippen LogP) is 3.79. The molecule has 0 spiro atoms. The molecule has 7 nitrogen and oxygen atoms in total. The lowest BCUT2D eigenvalue weighted by Crippen LogP contribution is -2.36. The number of carbonyl (C=O) groups is 1. The van der Waals surface area contributed by atoms with Gasteiger partial charge in [0.25, 0.3) is 15.9 Å². The van der Waals surface area contributed by atoms with E-state index in [9.17, 15) is 17.6 Å². The Bertz CT molecular complexity index is 1140. The zero-order chi connectivity index (χ0) is 22.6. The summed E-state index contributed by atoms with van der Waals surface area (Å²) in [4.78, 5) is 14.9. The molecule has 0 unspecified atom stereocenters. The number of hydrogen-bond donors (Lipinski definition) is 2. The molecule has 4 rings (SSSR count). The molecule has 0 aliphatic carbocycles. The maximum absolute atomic E-state index is 13.0. The van der Waals surface area contributed by atoms with Crippen LogP contribution in [0.3, 0.4) is 0 Å². The van der Waals surface area contributed by atoms with Crippen molar-refractivity contribution in [1.29, 1.82) is 0 Å². The smallest absolute Gasteiger partial charge is 0.261 e. The van der Waals surface area contributed by atoms with E-state index >= 15 is 0 Å². The fourth-order valence-corrected chi connectivity index (χ4v) is 4.81. The van der Waals surface area contributed by atoms with Crippen molar-refractivity contribution in [3.63, 3.8) is 0 Å². The van der Waals surface area contributed by atoms with Crippen LogP contribution in [-0.4, -0.2) is 38.9 Å². The van der Waals surface area contributed by atoms with E-state index < -0.39 is 15.8 Å². The van der Waals surface area contributed by atoms with Gasteiger partial charge in [0.2, 0.25) is 0 Å². The Morgan fingerprint density at radius 1 is 1.03 bits per heavy atom. The molecule has 1 fully saturated rings. The highest BCUT2D eigenvalue weighted by atomic mass is 32.2. The number of anilines is 1. The van der Waals surface area contributed by atoms with Crippen molar-refractivity contribution >= 4 is 21.6 Å². The third kappa shape index (κ3) is 5.17. The van der Waals surface area contributed by atoms with E-state index in [0.29, 0.717) is 12.1 Å². The Hall–Kier alpha value is -3.17. The van der Waals surface area contributed by atoms with E-state index in [1.54, 1.807) is 6.26 Å². The Morgan fingerprint density at radius 2 is 1.72 bits per heavy atom. The van der Waals surface area contributed by atoms with E-state index in [4.69, 9.17) is 4.42 Å². The number of nitrogens with zero attached hydrogens (tertiary/aromatic N) is 1. The first-order chi connectivity index (χ1) is 15.4. The van der Waals surface area contributed by atoms with Gasteiger partial charge >= 0.3 is 0 Å². The molecule has 1 atom stereocenters. The minimum absolute atomic E-state index is 0.00361. The predicted molar refractivity (Wildman–Crippen MR) is 118 cm³/mol. The number of furan rings is 1. The van der Waals surface area contributed by atoms with Crippen molar-refractivity contribution in [3.8, 4) is 0 Å². The minimum atomic E-state index is -3.86. The number of amides is 1. The van der Waals surface area contributed by atoms with Gasteiger partial charge in [-0.2, -0.15) is 0 Å². The van der Waals surface area contributed by atoms with Crippen LogP contribution in [-0.2, 0) is 10.0 Å². The van der Waals surface area contributed by atoms with E-state index in [2.05, 4.69) is 14.9 Å². The van der Waals surface area contributed by atoms with Crippen LogP contribution in [0.25, 0.3) is 0 Å². The zero-order valence-corrected chi connectivity index (χ0v) is 18.1. The number of benzene rings is 2. The molecule has 9 heteroatoms. The van der Waals surface area contributed by atoms with E-state index in [1.165, 1.54) is 48.5 Å². The third-order valence-electron chi connectivity index (χ3n) is 5.43. The lowest BCUT2D eigenvalue weighted by Gasteiger charge is -2.26. The average molecular weight is 458 g/mol. The van der Waals surface area contributed by atoms with Crippen molar-refractivity contribution < 1.29 is 22.0 Å². The summed E-state index contributed by atoms with van der Waals surface area (Å²) in [5, 5.41) is 2.93. The molecule has 2 N–H and O–H groups in total. The van der Waals surface area contributed by atoms with Gasteiger partial charge in [-0.05, 0) is 86.6 Å². The van der Waals surface area contributed by atoms with Gasteiger partial charge in [0, 0.05) is 17.8 Å². The van der Waals surface area contributed by atoms with E-state index in [0.717, 1.165) is 31.7 Å². The normalized spacial score (nSPS) is 15.4. The number of halogens is 1. The molecule has 1 aromatic heterocycles. The van der Waals surface area contributed by atoms with Crippen LogP contribution >= 0.6 is 0 Å². The molecule has 168 valence electrons. The SMILES string of the molecule is O=C(NC[C@H](c1ccco1)N1CCCC1)c1ccc(S(=O)(=O)Nc2ccc(F)cc2)cc1. The van der Waals surface area contributed by atoms with Crippen molar-refractivity contribution in [2.75, 3.05) is 24.4 Å². The lowest BCUT2D eigenvalue weighted by molar-refractivity contribution is 0.0933. The topological polar surface area (TPSA) is 91.7 Å². The molecule has 2 aromatic carbocycles. The second-order valence-corrected chi connectivity index (χ2v) is 9.30. The molecule has 0 bridgehead atoms. The van der Waals surface area contributed by atoms with Crippen LogP contribution in [0.15, 0.2) is 76.2 Å². The highest BCUT2D eigenvalue weighted by Gasteiger charge is 2.26. The summed E-state index contributed by atoms with van der Waals surface area (Å²) in [6, 6.07) is 14.4. The van der Waals surface area contributed by atoms with Gasteiger partial charge in [-0.25, -0.2) is 12.8 Å². The summed E-state index contributed by atoms with van der Waals surface area (Å²) in [5.74, 6) is 0.0547. The molecule has 1 aliphatic heterocycles. The number of rotatable bonds is 8. The largest absolute Gasteiger partial charge is 0.468 e. The maximum atomic E-state index is 13.0. The van der Waals surface area contributed by atoms with Crippen LogP contribution in [0.2, 0.25) is 0 Å². The average Bonchev–Trinajstić information content (AvgIpc) is 3.50. The molecule has 32 heavy (non-hydrogen) atoms. The molecular weight excluding hydrogens is 433 g/mol. The van der Waals surface area contributed by atoms with Crippen molar-refractivity contribution in [2.45, 2.75) is 23.8 Å². The van der Waals surface area contributed by atoms with Crippen LogP contribution in [0.5, 0.6) is 0 Å². The zero-order valence-electron chi connectivity index (χ0n) is 17.3. The summed E-state index contributed by atoms with van der Waals surface area (Å²) < 4.78 is 46.1. The quantitative estimate of drug-likeness (QED) is 0.537. The summed E-state index contributed by atoms with van der Waals surface area (Å²) >= 11 is 0. The van der Waals surface area contributed by atoms with Crippen molar-refractivity contribution in [3.05, 3.63) is 84.1 Å². The van der Waals surface area contributed by atoms with E-state index in [1.807, 2.05) is 12.1 Å². The van der Waals surface area contributed by atoms with Gasteiger partial charge in [-0.1, -0.05) is 0 Å². The number of sulfonamides is 1. The molecule has 1 amide bonds. The van der Waals surface area contributed by atoms with Crippen LogP contribution in [0.1, 0.15) is 35.0 Å². The molecule has 1 saturated heterocycles. The number of nitrogens with one attached hydrogen (secondary N) is 2. The highest BCUT2D eigenvalue weighted by Crippen LogP contribution is 2.25. The van der Waals surface area contributed by atoms with Gasteiger partial charge in [0.05, 0.1) is 17.2 Å². The molecule has 0 radical (unpaired) electrons. The van der Waals surface area contributed by atoms with Crippen molar-refractivity contribution in [1.82, 2.24) is 10.2 Å². The van der Waals surface area contributed by atoms with Gasteiger partial charge in [-0.3, -0.25) is 14.4 Å². The fourth-order valence-electron chi connectivity index (χ4n) is 3.75. The molecular formula is C23H24FN3O4S. The van der Waals surface area contributed by atoms with Crippen LogP contribution in [0, 0.1) is 5.82 Å². The lowest BCUT2D eigenvalue weighted by atomic mass is 10.1. The monoisotopic (exact) mass is 457 g/mol. The second kappa shape index (κ2) is 9.54. The maximum Gasteiger partial charge on any atom is 0.261 e. The Kier molecular flexibility index (Phi) is 6.57. The highest BCUT2D eigenvalue weighted by molar-refractivity contribution is 7.92. The second-order valence-electron chi connectivity index (χ2n) is 7.62. The van der Waals surface area contributed by atoms with Crippen LogP contribution < -0.4 is 10.0 Å². The summed E-state index contributed by atoms with van der Waals surface area (Å²) in [7, 11) is -3.86. The molecule has 3 aromatic rings.